The van der Waals surface area contributed by atoms with Crippen LogP contribution in [0, 0.1) is 18.3 Å². The van der Waals surface area contributed by atoms with Gasteiger partial charge in [0, 0.05) is 29.6 Å². The molecule has 2 aromatic carbocycles. The van der Waals surface area contributed by atoms with Crippen LogP contribution in [0.25, 0.3) is 11.3 Å². The van der Waals surface area contributed by atoms with Crippen molar-refractivity contribution in [2.45, 2.75) is 101 Å². The summed E-state index contributed by atoms with van der Waals surface area (Å²) < 4.78 is 11.3. The number of aliphatic hydroxyl groups excluding tert-OH is 1. The zero-order valence-electron chi connectivity index (χ0n) is 25.1. The summed E-state index contributed by atoms with van der Waals surface area (Å²) in [6, 6.07) is 15.1. The zero-order valence-corrected chi connectivity index (χ0v) is 25.1. The molecule has 5 aliphatic rings. The van der Waals surface area contributed by atoms with Crippen molar-refractivity contribution in [3.8, 4) is 17.0 Å². The number of aryl methyl sites for hydroxylation is 1. The topological polar surface area (TPSA) is 75.8 Å². The Morgan fingerprint density at radius 1 is 1.00 bits per heavy atom. The van der Waals surface area contributed by atoms with E-state index in [1.54, 1.807) is 13.4 Å². The van der Waals surface area contributed by atoms with Gasteiger partial charge in [-0.25, -0.2) is 4.98 Å². The van der Waals surface area contributed by atoms with Crippen LogP contribution < -0.4 is 9.64 Å². The third kappa shape index (κ3) is 5.16. The van der Waals surface area contributed by atoms with Crippen LogP contribution >= 0.6 is 0 Å². The maximum Gasteiger partial charge on any atom is 0.230 e. The fraction of sp³-hybridized carbons (Fsp3) is 0.556. The number of carbonyl (C=O) groups excluding carboxylic acids is 1. The molecule has 5 saturated carbocycles. The second-order valence-corrected chi connectivity index (χ2v) is 13.8. The van der Waals surface area contributed by atoms with Gasteiger partial charge in [0.15, 0.2) is 5.89 Å². The number of carbonyl (C=O) groups is 1. The number of benzene rings is 2. The van der Waals surface area contributed by atoms with Crippen molar-refractivity contribution in [3.05, 3.63) is 65.7 Å². The van der Waals surface area contributed by atoms with Gasteiger partial charge in [0.1, 0.15) is 17.7 Å². The number of oxazole rings is 1. The molecule has 1 heterocycles. The first-order chi connectivity index (χ1) is 20.4. The largest absolute Gasteiger partial charge is 0.496 e. The van der Waals surface area contributed by atoms with Crippen LogP contribution in [0.5, 0.6) is 5.75 Å². The maximum absolute atomic E-state index is 14.3. The second kappa shape index (κ2) is 10.9. The highest BCUT2D eigenvalue weighted by Crippen LogP contribution is 2.58. The van der Waals surface area contributed by atoms with Crippen molar-refractivity contribution >= 4 is 11.6 Å². The zero-order chi connectivity index (χ0) is 28.9. The predicted molar refractivity (Wildman–Crippen MR) is 164 cm³/mol. The highest BCUT2D eigenvalue weighted by Gasteiger charge is 2.50. The summed E-state index contributed by atoms with van der Waals surface area (Å²) in [7, 11) is 1.74. The van der Waals surface area contributed by atoms with Crippen molar-refractivity contribution in [2.24, 2.45) is 11.3 Å². The fourth-order valence-corrected chi connectivity index (χ4v) is 8.09. The van der Waals surface area contributed by atoms with E-state index in [1.807, 2.05) is 0 Å². The molecule has 0 atom stereocenters. The third-order valence-electron chi connectivity index (χ3n) is 11.1. The summed E-state index contributed by atoms with van der Waals surface area (Å²) in [5, 5.41) is 10.1. The standard InChI is InChI=1S/C36H44N2O4/c1-24-20-28(10-13-32(24)41-2)36-17-14-35(15-18-36,16-19-36)23-38(34(40)26-8-11-30(39)12-9-26)29-5-3-4-27(21-29)31-22-42-33(37-31)25-6-7-25/h3-5,10,13,20-22,25-26,30,39H,6-9,11-12,14-19,23H2,1-2H3. The number of hydrogen-bond donors (Lipinski definition) is 1. The van der Waals surface area contributed by atoms with E-state index in [9.17, 15) is 9.90 Å². The van der Waals surface area contributed by atoms with E-state index in [0.29, 0.717) is 18.8 Å². The summed E-state index contributed by atoms with van der Waals surface area (Å²) in [6.45, 7) is 2.90. The molecule has 2 bridgehead atoms. The van der Waals surface area contributed by atoms with Crippen molar-refractivity contribution < 1.29 is 19.1 Å². The number of fused-ring (bicyclic) bond motifs is 3. The van der Waals surface area contributed by atoms with Gasteiger partial charge in [-0.1, -0.05) is 24.3 Å². The average molecular weight is 569 g/mol. The van der Waals surface area contributed by atoms with E-state index in [-0.39, 0.29) is 28.8 Å². The Bertz CT molecular complexity index is 1420. The van der Waals surface area contributed by atoms with E-state index in [2.05, 4.69) is 54.3 Å². The van der Waals surface area contributed by atoms with Gasteiger partial charge in [-0.15, -0.1) is 0 Å². The van der Waals surface area contributed by atoms with Crippen molar-refractivity contribution in [1.29, 1.82) is 0 Å². The third-order valence-corrected chi connectivity index (χ3v) is 11.1. The Labute approximate surface area is 249 Å². The Morgan fingerprint density at radius 3 is 2.40 bits per heavy atom. The minimum absolute atomic E-state index is 0.0319. The number of anilines is 1. The monoisotopic (exact) mass is 568 g/mol. The van der Waals surface area contributed by atoms with Gasteiger partial charge in [-0.05, 0) is 124 Å². The molecule has 1 aromatic heterocycles. The molecule has 5 aliphatic carbocycles. The van der Waals surface area contributed by atoms with Crippen molar-refractivity contribution in [2.75, 3.05) is 18.6 Å². The van der Waals surface area contributed by atoms with Gasteiger partial charge in [0.05, 0.1) is 13.2 Å². The Kier molecular flexibility index (Phi) is 7.16. The number of nitrogens with zero attached hydrogens (tertiary/aromatic N) is 2. The molecule has 6 nitrogen and oxygen atoms in total. The van der Waals surface area contributed by atoms with Crippen LogP contribution in [0.4, 0.5) is 5.69 Å². The summed E-state index contributed by atoms with van der Waals surface area (Å²) >= 11 is 0. The predicted octanol–water partition coefficient (Wildman–Crippen LogP) is 7.71. The minimum Gasteiger partial charge on any atom is -0.496 e. The molecule has 222 valence electrons. The molecule has 0 unspecified atom stereocenters. The van der Waals surface area contributed by atoms with E-state index < -0.39 is 0 Å². The lowest BCUT2D eigenvalue weighted by molar-refractivity contribution is -0.124. The highest BCUT2D eigenvalue weighted by molar-refractivity contribution is 5.95. The minimum atomic E-state index is -0.274. The van der Waals surface area contributed by atoms with Crippen LogP contribution in [-0.4, -0.2) is 35.8 Å². The number of hydrogen-bond acceptors (Lipinski definition) is 5. The molecule has 0 aliphatic heterocycles. The molecule has 6 heteroatoms. The SMILES string of the molecule is COc1ccc(C23CCC(CN(C(=O)C4CCC(O)CC4)c4cccc(-c5coc(C6CC6)n5)c4)(CC2)CC3)cc1C. The van der Waals surface area contributed by atoms with Gasteiger partial charge >= 0.3 is 0 Å². The van der Waals surface area contributed by atoms with Crippen LogP contribution in [0.2, 0.25) is 0 Å². The number of ether oxygens (including phenoxy) is 1. The number of methoxy groups -OCH3 is 1. The first kappa shape index (κ1) is 27.7. The quantitative estimate of drug-likeness (QED) is 0.301. The lowest BCUT2D eigenvalue weighted by Crippen LogP contribution is -2.51. The smallest absolute Gasteiger partial charge is 0.230 e. The van der Waals surface area contributed by atoms with Crippen LogP contribution in [0.15, 0.2) is 53.1 Å². The number of aromatic nitrogens is 1. The van der Waals surface area contributed by atoms with Crippen molar-refractivity contribution in [1.82, 2.24) is 4.98 Å². The van der Waals surface area contributed by atoms with E-state index in [4.69, 9.17) is 14.1 Å². The van der Waals surface area contributed by atoms with Gasteiger partial charge < -0.3 is 19.2 Å². The van der Waals surface area contributed by atoms with E-state index in [0.717, 1.165) is 80.1 Å². The molecule has 42 heavy (non-hydrogen) atoms. The van der Waals surface area contributed by atoms with E-state index in [1.165, 1.54) is 30.4 Å². The fourth-order valence-electron chi connectivity index (χ4n) is 8.09. The number of aliphatic hydroxyl groups is 1. The molecule has 8 rings (SSSR count). The van der Waals surface area contributed by atoms with Crippen LogP contribution in [0.3, 0.4) is 0 Å². The second-order valence-electron chi connectivity index (χ2n) is 13.8. The number of rotatable bonds is 8. The molecule has 1 amide bonds. The molecule has 0 radical (unpaired) electrons. The lowest BCUT2D eigenvalue weighted by atomic mass is 9.51. The summed E-state index contributed by atoms with van der Waals surface area (Å²) in [5.74, 6) is 2.45. The normalized spacial score (nSPS) is 28.9. The van der Waals surface area contributed by atoms with Crippen LogP contribution in [-0.2, 0) is 10.2 Å². The van der Waals surface area contributed by atoms with Gasteiger partial charge in [-0.3, -0.25) is 4.79 Å². The molecular weight excluding hydrogens is 524 g/mol. The number of amides is 1. The van der Waals surface area contributed by atoms with Gasteiger partial charge in [0.2, 0.25) is 5.91 Å². The first-order valence-corrected chi connectivity index (χ1v) is 16.1. The summed E-state index contributed by atoms with van der Waals surface area (Å²) in [6.07, 6.45) is 13.7. The summed E-state index contributed by atoms with van der Waals surface area (Å²) in [4.78, 5) is 21.2. The Balaban J connectivity index is 1.15. The molecule has 3 aromatic rings. The van der Waals surface area contributed by atoms with E-state index >= 15 is 0 Å². The molecule has 0 saturated heterocycles. The highest BCUT2D eigenvalue weighted by atomic mass is 16.5. The van der Waals surface area contributed by atoms with Crippen LogP contribution in [0.1, 0.15) is 100.0 Å². The molecule has 1 N–H and O–H groups in total. The van der Waals surface area contributed by atoms with Gasteiger partial charge in [0.25, 0.3) is 0 Å². The van der Waals surface area contributed by atoms with Crippen molar-refractivity contribution in [3.63, 3.8) is 0 Å². The Hall–Kier alpha value is -3.12. The summed E-state index contributed by atoms with van der Waals surface area (Å²) in [5.41, 5.74) is 5.84. The molecule has 5 fully saturated rings. The van der Waals surface area contributed by atoms with Gasteiger partial charge in [-0.2, -0.15) is 0 Å². The first-order valence-electron chi connectivity index (χ1n) is 16.1. The maximum atomic E-state index is 14.3. The molecule has 0 spiro atoms. The molecular formula is C36H44N2O4. The average Bonchev–Trinajstić information content (AvgIpc) is 3.76. The lowest BCUT2D eigenvalue weighted by Gasteiger charge is -2.55. The Morgan fingerprint density at radius 2 is 1.74 bits per heavy atom.